The molecule has 2 aromatic carbocycles. The number of nitriles is 1. The first-order valence-corrected chi connectivity index (χ1v) is 5.16. The van der Waals surface area contributed by atoms with Gasteiger partial charge in [0.15, 0.2) is 0 Å². The molecule has 0 aliphatic rings. The largest absolute Gasteiger partial charge is 0.489 e. The molecule has 0 amide bonds. The summed E-state index contributed by atoms with van der Waals surface area (Å²) in [7, 11) is 0. The van der Waals surface area contributed by atoms with Gasteiger partial charge in [0, 0.05) is 0 Å². The lowest BCUT2D eigenvalue weighted by atomic mass is 10.1. The fourth-order valence-electron chi connectivity index (χ4n) is 1.42. The van der Waals surface area contributed by atoms with Gasteiger partial charge >= 0.3 is 0 Å². The molecule has 0 heterocycles. The monoisotopic (exact) mass is 227 g/mol. The Kier molecular flexibility index (Phi) is 3.37. The molecule has 0 saturated carbocycles. The molecule has 17 heavy (non-hydrogen) atoms. The molecular weight excluding hydrogens is 217 g/mol. The lowest BCUT2D eigenvalue weighted by Gasteiger charge is -2.06. The first-order valence-electron chi connectivity index (χ1n) is 5.16. The van der Waals surface area contributed by atoms with Crippen LogP contribution >= 0.6 is 0 Å². The second-order valence-electron chi connectivity index (χ2n) is 3.53. The first-order chi connectivity index (χ1) is 8.29. The van der Waals surface area contributed by atoms with E-state index in [1.807, 2.05) is 30.3 Å². The van der Waals surface area contributed by atoms with E-state index in [0.29, 0.717) is 5.56 Å². The summed E-state index contributed by atoms with van der Waals surface area (Å²) in [6.45, 7) is 0.284. The highest BCUT2D eigenvalue weighted by molar-refractivity contribution is 5.33. The maximum absolute atomic E-state index is 13.3. The molecule has 0 aliphatic heterocycles. The Morgan fingerprint density at radius 1 is 1.12 bits per heavy atom. The predicted molar refractivity (Wildman–Crippen MR) is 61.9 cm³/mol. The number of rotatable bonds is 3. The van der Waals surface area contributed by atoms with E-state index in [4.69, 9.17) is 10.00 Å². The second kappa shape index (κ2) is 5.13. The minimum Gasteiger partial charge on any atom is -0.489 e. The van der Waals surface area contributed by atoms with E-state index in [-0.39, 0.29) is 12.2 Å². The van der Waals surface area contributed by atoms with Crippen molar-refractivity contribution < 1.29 is 9.13 Å². The molecule has 0 fully saturated rings. The Hall–Kier alpha value is -2.34. The molecule has 0 bridgehead atoms. The summed E-state index contributed by atoms with van der Waals surface area (Å²) in [5, 5.41) is 8.60. The Morgan fingerprint density at radius 3 is 2.53 bits per heavy atom. The van der Waals surface area contributed by atoms with E-state index < -0.39 is 5.82 Å². The van der Waals surface area contributed by atoms with Crippen LogP contribution in [0.1, 0.15) is 11.1 Å². The summed E-state index contributed by atoms with van der Waals surface area (Å²) in [5.74, 6) is 0.221. The third-order valence-corrected chi connectivity index (χ3v) is 2.30. The number of ether oxygens (including phenoxy) is 1. The highest BCUT2D eigenvalue weighted by Crippen LogP contribution is 2.14. The van der Waals surface area contributed by atoms with Crippen molar-refractivity contribution in [3.8, 4) is 11.8 Å². The molecule has 84 valence electrons. The van der Waals surface area contributed by atoms with E-state index >= 15 is 0 Å². The first kappa shape index (κ1) is 11.2. The van der Waals surface area contributed by atoms with Gasteiger partial charge in [-0.15, -0.1) is 0 Å². The highest BCUT2D eigenvalue weighted by Gasteiger charge is 2.03. The minimum absolute atomic E-state index is 0.0495. The molecule has 0 aromatic heterocycles. The van der Waals surface area contributed by atoms with Gasteiger partial charge in [-0.1, -0.05) is 24.3 Å². The maximum atomic E-state index is 13.3. The number of para-hydroxylation sites is 1. The fraction of sp³-hybridized carbons (Fsp3) is 0.0714. The summed E-state index contributed by atoms with van der Waals surface area (Å²) >= 11 is 0. The van der Waals surface area contributed by atoms with Gasteiger partial charge in [0.2, 0.25) is 0 Å². The lowest BCUT2D eigenvalue weighted by Crippen LogP contribution is -1.96. The Morgan fingerprint density at radius 2 is 1.88 bits per heavy atom. The average Bonchev–Trinajstić information content (AvgIpc) is 2.38. The van der Waals surface area contributed by atoms with Gasteiger partial charge in [-0.2, -0.15) is 5.26 Å². The Labute approximate surface area is 98.9 Å². The minimum atomic E-state index is -0.512. The summed E-state index contributed by atoms with van der Waals surface area (Å²) in [4.78, 5) is 0. The van der Waals surface area contributed by atoms with Crippen LogP contribution in [-0.2, 0) is 6.61 Å². The quantitative estimate of drug-likeness (QED) is 0.806. The zero-order valence-electron chi connectivity index (χ0n) is 9.06. The van der Waals surface area contributed by atoms with Crippen LogP contribution < -0.4 is 4.74 Å². The van der Waals surface area contributed by atoms with E-state index in [2.05, 4.69) is 0 Å². The van der Waals surface area contributed by atoms with Crippen molar-refractivity contribution in [2.24, 2.45) is 0 Å². The molecular formula is C14H10FNO. The van der Waals surface area contributed by atoms with Gasteiger partial charge < -0.3 is 4.74 Å². The molecule has 0 atom stereocenters. The van der Waals surface area contributed by atoms with Crippen LogP contribution in [0.3, 0.4) is 0 Å². The molecule has 0 aliphatic carbocycles. The number of benzene rings is 2. The standard InChI is InChI=1S/C14H10FNO/c15-14-8-11(6-7-12(14)9-16)10-17-13-4-2-1-3-5-13/h1-8H,10H2. The molecule has 0 radical (unpaired) electrons. The van der Waals surface area contributed by atoms with Crippen molar-refractivity contribution >= 4 is 0 Å². The van der Waals surface area contributed by atoms with Crippen LogP contribution in [0, 0.1) is 17.1 Å². The van der Waals surface area contributed by atoms with Crippen LogP contribution in [0.2, 0.25) is 0 Å². The zero-order chi connectivity index (χ0) is 12.1. The molecule has 2 aromatic rings. The topological polar surface area (TPSA) is 33.0 Å². The predicted octanol–water partition coefficient (Wildman–Crippen LogP) is 3.28. The summed E-state index contributed by atoms with van der Waals surface area (Å²) < 4.78 is 18.8. The average molecular weight is 227 g/mol. The Balaban J connectivity index is 2.06. The van der Waals surface area contributed by atoms with Crippen LogP contribution in [0.25, 0.3) is 0 Å². The van der Waals surface area contributed by atoms with E-state index in [0.717, 1.165) is 5.75 Å². The molecule has 0 unspecified atom stereocenters. The lowest BCUT2D eigenvalue weighted by molar-refractivity contribution is 0.305. The van der Waals surface area contributed by atoms with Crippen molar-refractivity contribution in [3.63, 3.8) is 0 Å². The van der Waals surface area contributed by atoms with Crippen LogP contribution in [-0.4, -0.2) is 0 Å². The van der Waals surface area contributed by atoms with Crippen molar-refractivity contribution in [2.75, 3.05) is 0 Å². The van der Waals surface area contributed by atoms with Crippen LogP contribution in [0.15, 0.2) is 48.5 Å². The summed E-state index contributed by atoms with van der Waals surface area (Å²) in [5.41, 5.74) is 0.749. The van der Waals surface area contributed by atoms with E-state index in [1.165, 1.54) is 12.1 Å². The SMILES string of the molecule is N#Cc1ccc(COc2ccccc2)cc1F. The number of hydrogen-bond donors (Lipinski definition) is 0. The smallest absolute Gasteiger partial charge is 0.141 e. The van der Waals surface area contributed by atoms with E-state index in [9.17, 15) is 4.39 Å². The van der Waals surface area contributed by atoms with Crippen molar-refractivity contribution in [3.05, 3.63) is 65.5 Å². The van der Waals surface area contributed by atoms with Crippen molar-refractivity contribution in [1.82, 2.24) is 0 Å². The number of halogens is 1. The van der Waals surface area contributed by atoms with E-state index in [1.54, 1.807) is 12.1 Å². The maximum Gasteiger partial charge on any atom is 0.141 e. The van der Waals surface area contributed by atoms with Crippen LogP contribution in [0.4, 0.5) is 4.39 Å². The second-order valence-corrected chi connectivity index (χ2v) is 3.53. The molecule has 2 nitrogen and oxygen atoms in total. The molecule has 0 N–H and O–H groups in total. The number of hydrogen-bond acceptors (Lipinski definition) is 2. The van der Waals surface area contributed by atoms with Gasteiger partial charge in [0.25, 0.3) is 0 Å². The molecule has 2 rings (SSSR count). The van der Waals surface area contributed by atoms with Gasteiger partial charge in [0.1, 0.15) is 24.2 Å². The third-order valence-electron chi connectivity index (χ3n) is 2.30. The Bertz CT molecular complexity index is 546. The molecule has 0 spiro atoms. The zero-order valence-corrected chi connectivity index (χ0v) is 9.06. The van der Waals surface area contributed by atoms with Crippen molar-refractivity contribution in [1.29, 1.82) is 5.26 Å². The van der Waals surface area contributed by atoms with Crippen LogP contribution in [0.5, 0.6) is 5.75 Å². The number of nitrogens with zero attached hydrogens (tertiary/aromatic N) is 1. The molecule has 3 heteroatoms. The molecule has 0 saturated heterocycles. The fourth-order valence-corrected chi connectivity index (χ4v) is 1.42. The van der Waals surface area contributed by atoms with Gasteiger partial charge in [-0.05, 0) is 29.8 Å². The van der Waals surface area contributed by atoms with Gasteiger partial charge in [-0.25, -0.2) is 4.39 Å². The summed E-state index contributed by atoms with van der Waals surface area (Å²) in [6, 6.07) is 15.5. The van der Waals surface area contributed by atoms with Gasteiger partial charge in [-0.3, -0.25) is 0 Å². The van der Waals surface area contributed by atoms with Gasteiger partial charge in [0.05, 0.1) is 5.56 Å². The highest BCUT2D eigenvalue weighted by atomic mass is 19.1. The third kappa shape index (κ3) is 2.82. The normalized spacial score (nSPS) is 9.65. The summed E-state index contributed by atoms with van der Waals surface area (Å²) in [6.07, 6.45) is 0. The van der Waals surface area contributed by atoms with Crippen molar-refractivity contribution in [2.45, 2.75) is 6.61 Å².